The Balaban J connectivity index is 1.86. The molecule has 0 spiro atoms. The van der Waals surface area contributed by atoms with Crippen molar-refractivity contribution in [2.24, 2.45) is 11.3 Å². The molecular formula is C17H25NO3. The van der Waals surface area contributed by atoms with Crippen molar-refractivity contribution in [3.63, 3.8) is 0 Å². The highest BCUT2D eigenvalue weighted by Gasteiger charge is 2.46. The molecule has 1 atom stereocenters. The average molecular weight is 291 g/mol. The van der Waals surface area contributed by atoms with Gasteiger partial charge in [-0.3, -0.25) is 9.69 Å². The predicted octanol–water partition coefficient (Wildman–Crippen LogP) is 2.81. The van der Waals surface area contributed by atoms with Gasteiger partial charge < -0.3 is 9.84 Å². The molecule has 1 unspecified atom stereocenters. The smallest absolute Gasteiger partial charge is 0.311 e. The Morgan fingerprint density at radius 2 is 2.14 bits per heavy atom. The second-order valence-electron chi connectivity index (χ2n) is 6.26. The third kappa shape index (κ3) is 3.38. The fourth-order valence-electron chi connectivity index (χ4n) is 3.00. The van der Waals surface area contributed by atoms with Gasteiger partial charge in [0.2, 0.25) is 0 Å². The lowest BCUT2D eigenvalue weighted by Gasteiger charge is -2.28. The molecule has 0 aromatic heterocycles. The van der Waals surface area contributed by atoms with Crippen molar-refractivity contribution in [2.45, 2.75) is 27.2 Å². The van der Waals surface area contributed by atoms with Crippen LogP contribution in [0, 0.1) is 18.3 Å². The number of ether oxygens (including phenoxy) is 1. The number of rotatable bonds is 6. The topological polar surface area (TPSA) is 49.8 Å². The van der Waals surface area contributed by atoms with Crippen LogP contribution in [-0.4, -0.2) is 42.2 Å². The molecule has 1 aromatic rings. The lowest BCUT2D eigenvalue weighted by atomic mass is 9.76. The predicted molar refractivity (Wildman–Crippen MR) is 82.6 cm³/mol. The highest BCUT2D eigenvalue weighted by Crippen LogP contribution is 2.37. The Morgan fingerprint density at radius 3 is 2.71 bits per heavy atom. The molecule has 1 aliphatic rings. The number of carboxylic acid groups (broad SMARTS) is 1. The highest BCUT2D eigenvalue weighted by molar-refractivity contribution is 5.75. The minimum atomic E-state index is -0.667. The number of carboxylic acids is 1. The quantitative estimate of drug-likeness (QED) is 0.875. The average Bonchev–Trinajstić information content (AvgIpc) is 2.87. The first-order valence-corrected chi connectivity index (χ1v) is 7.60. The number of nitrogens with zero attached hydrogens (tertiary/aromatic N) is 1. The van der Waals surface area contributed by atoms with Crippen LogP contribution in [0.25, 0.3) is 0 Å². The Morgan fingerprint density at radius 1 is 1.43 bits per heavy atom. The normalized spacial score (nSPS) is 22.7. The molecule has 4 heteroatoms. The molecular weight excluding hydrogens is 266 g/mol. The van der Waals surface area contributed by atoms with Crippen LogP contribution < -0.4 is 4.74 Å². The Bertz CT molecular complexity index is 501. The number of carbonyl (C=O) groups is 1. The molecule has 1 aliphatic heterocycles. The van der Waals surface area contributed by atoms with Crippen LogP contribution in [0.3, 0.4) is 0 Å². The number of aryl methyl sites for hydroxylation is 1. The van der Waals surface area contributed by atoms with Crippen LogP contribution >= 0.6 is 0 Å². The van der Waals surface area contributed by atoms with E-state index < -0.39 is 11.4 Å². The minimum absolute atomic E-state index is 0.150. The van der Waals surface area contributed by atoms with Gasteiger partial charge in [0.05, 0.1) is 5.41 Å². The van der Waals surface area contributed by atoms with Crippen LogP contribution in [0.2, 0.25) is 0 Å². The van der Waals surface area contributed by atoms with Gasteiger partial charge in [-0.15, -0.1) is 0 Å². The van der Waals surface area contributed by atoms with Gasteiger partial charge in [-0.2, -0.15) is 0 Å². The molecule has 2 rings (SSSR count). The number of hydrogen-bond acceptors (Lipinski definition) is 3. The Kier molecular flexibility index (Phi) is 4.88. The summed E-state index contributed by atoms with van der Waals surface area (Å²) in [4.78, 5) is 13.8. The lowest BCUT2D eigenvalue weighted by molar-refractivity contribution is -0.151. The van der Waals surface area contributed by atoms with Gasteiger partial charge in [0.25, 0.3) is 0 Å². The minimum Gasteiger partial charge on any atom is -0.492 e. The maximum Gasteiger partial charge on any atom is 0.311 e. The van der Waals surface area contributed by atoms with E-state index >= 15 is 0 Å². The standard InChI is InChI=1S/C17H25NO3/c1-13(2)17(16(19)20)8-9-18(12-17)10-11-21-15-7-5-4-6-14(15)3/h4-7,13H,8-12H2,1-3H3,(H,19,20). The van der Waals surface area contributed by atoms with Crippen LogP contribution in [0.15, 0.2) is 24.3 Å². The van der Waals surface area contributed by atoms with Gasteiger partial charge in [0.15, 0.2) is 0 Å². The van der Waals surface area contributed by atoms with Gasteiger partial charge >= 0.3 is 5.97 Å². The third-order valence-corrected chi connectivity index (χ3v) is 4.67. The third-order valence-electron chi connectivity index (χ3n) is 4.67. The maximum absolute atomic E-state index is 11.6. The molecule has 1 heterocycles. The van der Waals surface area contributed by atoms with Crippen molar-refractivity contribution in [3.05, 3.63) is 29.8 Å². The van der Waals surface area contributed by atoms with Gasteiger partial charge in [0.1, 0.15) is 12.4 Å². The molecule has 1 saturated heterocycles. The van der Waals surface area contributed by atoms with Crippen LogP contribution in [0.1, 0.15) is 25.8 Å². The zero-order valence-corrected chi connectivity index (χ0v) is 13.1. The first-order chi connectivity index (χ1) is 9.95. The lowest BCUT2D eigenvalue weighted by Crippen LogP contribution is -2.39. The van der Waals surface area contributed by atoms with Gasteiger partial charge in [0, 0.05) is 13.1 Å². The van der Waals surface area contributed by atoms with Crippen LogP contribution in [-0.2, 0) is 4.79 Å². The zero-order chi connectivity index (χ0) is 15.5. The van der Waals surface area contributed by atoms with E-state index in [2.05, 4.69) is 4.90 Å². The van der Waals surface area contributed by atoms with E-state index in [1.807, 2.05) is 45.0 Å². The number of benzene rings is 1. The largest absolute Gasteiger partial charge is 0.492 e. The molecule has 0 radical (unpaired) electrons. The SMILES string of the molecule is Cc1ccccc1OCCN1CCC(C(=O)O)(C(C)C)C1. The summed E-state index contributed by atoms with van der Waals surface area (Å²) in [6.45, 7) is 8.86. The summed E-state index contributed by atoms with van der Waals surface area (Å²) in [5, 5.41) is 9.53. The van der Waals surface area contributed by atoms with E-state index in [1.54, 1.807) is 0 Å². The van der Waals surface area contributed by atoms with Crippen molar-refractivity contribution in [3.8, 4) is 5.75 Å². The molecule has 1 fully saturated rings. The molecule has 0 aliphatic carbocycles. The second kappa shape index (κ2) is 6.48. The molecule has 4 nitrogen and oxygen atoms in total. The van der Waals surface area contributed by atoms with Crippen molar-refractivity contribution in [1.82, 2.24) is 4.90 Å². The molecule has 1 aromatic carbocycles. The van der Waals surface area contributed by atoms with Gasteiger partial charge in [-0.1, -0.05) is 32.0 Å². The molecule has 0 saturated carbocycles. The number of hydrogen-bond donors (Lipinski definition) is 1. The maximum atomic E-state index is 11.6. The fraction of sp³-hybridized carbons (Fsp3) is 0.588. The van der Waals surface area contributed by atoms with E-state index in [1.165, 1.54) is 0 Å². The second-order valence-corrected chi connectivity index (χ2v) is 6.26. The van der Waals surface area contributed by atoms with Gasteiger partial charge in [-0.05, 0) is 37.4 Å². The van der Waals surface area contributed by atoms with Crippen LogP contribution in [0.4, 0.5) is 0 Å². The molecule has 116 valence electrons. The molecule has 1 N–H and O–H groups in total. The number of aliphatic carboxylic acids is 1. The number of likely N-dealkylation sites (tertiary alicyclic amines) is 1. The highest BCUT2D eigenvalue weighted by atomic mass is 16.5. The summed E-state index contributed by atoms with van der Waals surface area (Å²) in [6.07, 6.45) is 0.727. The van der Waals surface area contributed by atoms with Crippen LogP contribution in [0.5, 0.6) is 5.75 Å². The van der Waals surface area contributed by atoms with Crippen molar-refractivity contribution >= 4 is 5.97 Å². The van der Waals surface area contributed by atoms with Crippen molar-refractivity contribution in [1.29, 1.82) is 0 Å². The van der Waals surface area contributed by atoms with E-state index in [9.17, 15) is 9.90 Å². The van der Waals surface area contributed by atoms with Crippen molar-refractivity contribution in [2.75, 3.05) is 26.2 Å². The Labute approximate surface area is 126 Å². The monoisotopic (exact) mass is 291 g/mol. The van der Waals surface area contributed by atoms with E-state index in [0.29, 0.717) is 13.2 Å². The van der Waals surface area contributed by atoms with E-state index in [-0.39, 0.29) is 5.92 Å². The molecule has 0 amide bonds. The fourth-order valence-corrected chi connectivity index (χ4v) is 3.00. The van der Waals surface area contributed by atoms with Gasteiger partial charge in [-0.25, -0.2) is 0 Å². The summed E-state index contributed by atoms with van der Waals surface area (Å²) in [5.74, 6) is 0.391. The van der Waals surface area contributed by atoms with E-state index in [4.69, 9.17) is 4.74 Å². The van der Waals surface area contributed by atoms with Crippen molar-refractivity contribution < 1.29 is 14.6 Å². The molecule has 21 heavy (non-hydrogen) atoms. The molecule has 0 bridgehead atoms. The number of para-hydroxylation sites is 1. The summed E-state index contributed by atoms with van der Waals surface area (Å²) in [5.41, 5.74) is 0.531. The summed E-state index contributed by atoms with van der Waals surface area (Å²) >= 11 is 0. The van der Waals surface area contributed by atoms with E-state index in [0.717, 1.165) is 30.8 Å². The summed E-state index contributed by atoms with van der Waals surface area (Å²) in [6, 6.07) is 7.95. The first kappa shape index (κ1) is 15.8. The summed E-state index contributed by atoms with van der Waals surface area (Å²) < 4.78 is 5.80. The first-order valence-electron chi connectivity index (χ1n) is 7.60. The zero-order valence-electron chi connectivity index (χ0n) is 13.1. The Hall–Kier alpha value is -1.55. The summed E-state index contributed by atoms with van der Waals surface area (Å²) in [7, 11) is 0.